The van der Waals surface area contributed by atoms with Gasteiger partial charge in [-0.25, -0.2) is 4.98 Å². The van der Waals surface area contributed by atoms with Crippen molar-refractivity contribution in [2.75, 3.05) is 5.73 Å². The van der Waals surface area contributed by atoms with Gasteiger partial charge in [-0.3, -0.25) is 14.8 Å². The highest BCUT2D eigenvalue weighted by Crippen LogP contribution is 2.42. The monoisotopic (exact) mass is 492 g/mol. The van der Waals surface area contributed by atoms with Crippen molar-refractivity contribution in [3.63, 3.8) is 0 Å². The van der Waals surface area contributed by atoms with E-state index in [2.05, 4.69) is 25.9 Å². The largest absolute Gasteiger partial charge is 0.397 e. The second kappa shape index (κ2) is 7.71. The predicted octanol–water partition coefficient (Wildman–Crippen LogP) is 6.06. The summed E-state index contributed by atoms with van der Waals surface area (Å²) in [6, 6.07) is 13.3. The van der Waals surface area contributed by atoms with Gasteiger partial charge in [0.2, 0.25) is 5.78 Å². The van der Waals surface area contributed by atoms with Crippen molar-refractivity contribution < 1.29 is 4.79 Å². The minimum Gasteiger partial charge on any atom is -0.397 e. The van der Waals surface area contributed by atoms with E-state index in [1.165, 1.54) is 11.3 Å². The lowest BCUT2D eigenvalue weighted by Gasteiger charge is -2.06. The maximum atomic E-state index is 13.2. The summed E-state index contributed by atoms with van der Waals surface area (Å²) in [5.41, 5.74) is 9.88. The number of pyridine rings is 1. The van der Waals surface area contributed by atoms with Crippen molar-refractivity contribution >= 4 is 60.3 Å². The van der Waals surface area contributed by atoms with E-state index in [-0.39, 0.29) is 5.78 Å². The van der Waals surface area contributed by atoms with Crippen LogP contribution in [0.1, 0.15) is 15.2 Å². The van der Waals surface area contributed by atoms with Crippen molar-refractivity contribution in [3.05, 3.63) is 81.3 Å². The number of fused-ring (bicyclic) bond motifs is 1. The zero-order valence-corrected chi connectivity index (χ0v) is 18.6. The maximum Gasteiger partial charge on any atom is 0.205 e. The smallest absolute Gasteiger partial charge is 0.205 e. The number of anilines is 1. The van der Waals surface area contributed by atoms with Gasteiger partial charge in [0.1, 0.15) is 15.4 Å². The lowest BCUT2D eigenvalue weighted by molar-refractivity contribution is 0.104. The third-order valence-corrected chi connectivity index (χ3v) is 7.15. The van der Waals surface area contributed by atoms with Crippen molar-refractivity contribution in [1.29, 1.82) is 0 Å². The number of nitrogen functional groups attached to an aromatic ring is 1. The van der Waals surface area contributed by atoms with Crippen LogP contribution in [0, 0.1) is 0 Å². The van der Waals surface area contributed by atoms with Gasteiger partial charge < -0.3 is 5.73 Å². The van der Waals surface area contributed by atoms with E-state index in [1.54, 1.807) is 42.1 Å². The first-order valence-corrected chi connectivity index (χ1v) is 11.4. The summed E-state index contributed by atoms with van der Waals surface area (Å²) in [7, 11) is 0. The van der Waals surface area contributed by atoms with E-state index in [0.717, 1.165) is 20.3 Å². The van der Waals surface area contributed by atoms with Gasteiger partial charge in [-0.15, -0.1) is 22.7 Å². The van der Waals surface area contributed by atoms with Gasteiger partial charge in [0, 0.05) is 38.3 Å². The van der Waals surface area contributed by atoms with Crippen molar-refractivity contribution in [2.45, 2.75) is 0 Å². The number of carbonyl (C=O) groups excluding carboxylic acids is 1. The Labute approximate surface area is 188 Å². The zero-order valence-electron chi connectivity index (χ0n) is 15.4. The molecule has 0 unspecified atom stereocenters. The molecule has 5 aromatic rings. The van der Waals surface area contributed by atoms with E-state index >= 15 is 0 Å². The number of hydrogen-bond acceptors (Lipinski definition) is 7. The average molecular weight is 493 g/mol. The first-order chi connectivity index (χ1) is 14.6. The molecule has 0 amide bonds. The summed E-state index contributed by atoms with van der Waals surface area (Å²) >= 11 is 6.33. The molecule has 0 aliphatic carbocycles. The normalized spacial score (nSPS) is 11.1. The van der Waals surface area contributed by atoms with Gasteiger partial charge in [0.15, 0.2) is 0 Å². The third kappa shape index (κ3) is 3.32. The second-order valence-corrected chi connectivity index (χ2v) is 9.35. The molecule has 5 nitrogen and oxygen atoms in total. The summed E-state index contributed by atoms with van der Waals surface area (Å²) in [4.78, 5) is 28.7. The van der Waals surface area contributed by atoms with Gasteiger partial charge >= 0.3 is 0 Å². The number of rotatable bonds is 4. The summed E-state index contributed by atoms with van der Waals surface area (Å²) in [5.74, 6) is -0.110. The topological polar surface area (TPSA) is 81.8 Å². The van der Waals surface area contributed by atoms with Gasteiger partial charge in [0.05, 0.1) is 17.6 Å². The summed E-state index contributed by atoms with van der Waals surface area (Å²) in [6.07, 6.45) is 4.94. The predicted molar refractivity (Wildman–Crippen MR) is 126 cm³/mol. The molecule has 0 saturated heterocycles. The maximum absolute atomic E-state index is 13.2. The standard InChI is InChI=1S/C22H13BrN4OS2/c23-13-5-3-12(4-6-13)20(28)21-19(24)18-14(17-2-1-9-29-17)10-15(27-22(18)30-21)16-11-25-7-8-26-16/h1-11H,24H2. The van der Waals surface area contributed by atoms with Crippen LogP contribution in [0.5, 0.6) is 0 Å². The van der Waals surface area contributed by atoms with Gasteiger partial charge in [-0.05, 0) is 41.8 Å². The Morgan fingerprint density at radius 1 is 1.07 bits per heavy atom. The van der Waals surface area contributed by atoms with Gasteiger partial charge in [0.25, 0.3) is 0 Å². The van der Waals surface area contributed by atoms with Crippen LogP contribution < -0.4 is 5.73 Å². The fourth-order valence-electron chi connectivity index (χ4n) is 3.21. The quantitative estimate of drug-likeness (QED) is 0.308. The van der Waals surface area contributed by atoms with Crippen LogP contribution in [0.25, 0.3) is 32.0 Å². The summed E-state index contributed by atoms with van der Waals surface area (Å²) in [5, 5.41) is 2.82. The molecule has 0 bridgehead atoms. The Kier molecular flexibility index (Phi) is 4.90. The number of aromatic nitrogens is 3. The molecular weight excluding hydrogens is 480 g/mol. The van der Waals surface area contributed by atoms with Crippen LogP contribution in [0.15, 0.2) is 70.9 Å². The van der Waals surface area contributed by atoms with Crippen LogP contribution in [-0.2, 0) is 0 Å². The highest BCUT2D eigenvalue weighted by atomic mass is 79.9. The number of hydrogen-bond donors (Lipinski definition) is 1. The zero-order chi connectivity index (χ0) is 20.7. The Balaban J connectivity index is 1.74. The molecular formula is C22H13BrN4OS2. The Bertz CT molecular complexity index is 1360. The van der Waals surface area contributed by atoms with Crippen molar-refractivity contribution in [2.24, 2.45) is 0 Å². The minimum atomic E-state index is -0.110. The minimum absolute atomic E-state index is 0.110. The van der Waals surface area contributed by atoms with E-state index in [9.17, 15) is 4.79 Å². The molecule has 0 fully saturated rings. The van der Waals surface area contributed by atoms with Crippen LogP contribution in [0.3, 0.4) is 0 Å². The van der Waals surface area contributed by atoms with E-state index in [4.69, 9.17) is 10.7 Å². The molecule has 2 N–H and O–H groups in total. The van der Waals surface area contributed by atoms with Crippen LogP contribution in [-0.4, -0.2) is 20.7 Å². The molecule has 8 heteroatoms. The molecule has 0 radical (unpaired) electrons. The highest BCUT2D eigenvalue weighted by molar-refractivity contribution is 9.10. The van der Waals surface area contributed by atoms with Crippen molar-refractivity contribution in [1.82, 2.24) is 15.0 Å². The molecule has 0 atom stereocenters. The molecule has 0 aliphatic rings. The van der Waals surface area contributed by atoms with Crippen LogP contribution in [0.4, 0.5) is 5.69 Å². The lowest BCUT2D eigenvalue weighted by Crippen LogP contribution is -2.02. The summed E-state index contributed by atoms with van der Waals surface area (Å²) < 4.78 is 0.915. The lowest BCUT2D eigenvalue weighted by atomic mass is 10.0. The highest BCUT2D eigenvalue weighted by Gasteiger charge is 2.23. The first-order valence-electron chi connectivity index (χ1n) is 8.95. The number of benzene rings is 1. The van der Waals surface area contributed by atoms with Crippen LogP contribution >= 0.6 is 38.6 Å². The summed E-state index contributed by atoms with van der Waals surface area (Å²) in [6.45, 7) is 0. The van der Waals surface area contributed by atoms with Gasteiger partial charge in [-0.2, -0.15) is 0 Å². The average Bonchev–Trinajstić information content (AvgIpc) is 3.42. The second-order valence-electron chi connectivity index (χ2n) is 6.48. The first kappa shape index (κ1) is 19.0. The van der Waals surface area contributed by atoms with E-state index < -0.39 is 0 Å². The third-order valence-electron chi connectivity index (χ3n) is 4.62. The Morgan fingerprint density at radius 3 is 2.60 bits per heavy atom. The molecule has 146 valence electrons. The Morgan fingerprint density at radius 2 is 1.90 bits per heavy atom. The molecule has 0 saturated carbocycles. The fourth-order valence-corrected chi connectivity index (χ4v) is 5.31. The van der Waals surface area contributed by atoms with Crippen LogP contribution in [0.2, 0.25) is 0 Å². The Hall–Kier alpha value is -2.94. The number of nitrogens with zero attached hydrogens (tertiary/aromatic N) is 3. The number of ketones is 1. The molecule has 4 heterocycles. The number of thiophene rings is 2. The SMILES string of the molecule is Nc1c(C(=O)c2ccc(Br)cc2)sc2nc(-c3cnccn3)cc(-c3cccs3)c12. The molecule has 5 rings (SSSR count). The van der Waals surface area contributed by atoms with E-state index in [0.29, 0.717) is 32.3 Å². The molecule has 4 aromatic heterocycles. The molecule has 1 aromatic carbocycles. The van der Waals surface area contributed by atoms with Crippen molar-refractivity contribution in [3.8, 4) is 21.8 Å². The van der Waals surface area contributed by atoms with Gasteiger partial charge in [-0.1, -0.05) is 22.0 Å². The molecule has 0 aliphatic heterocycles. The fraction of sp³-hybridized carbons (Fsp3) is 0. The number of carbonyl (C=O) groups is 1. The molecule has 0 spiro atoms. The number of halogens is 1. The molecule has 30 heavy (non-hydrogen) atoms. The number of nitrogens with two attached hydrogens (primary N) is 1. The van der Waals surface area contributed by atoms with E-state index in [1.807, 2.05) is 35.7 Å².